The number of rotatable bonds is 4. The number of nitriles is 1. The summed E-state index contributed by atoms with van der Waals surface area (Å²) in [6, 6.07) is 6.70. The van der Waals surface area contributed by atoms with Gasteiger partial charge in [-0.3, -0.25) is 9.89 Å². The summed E-state index contributed by atoms with van der Waals surface area (Å²) >= 11 is 0. The summed E-state index contributed by atoms with van der Waals surface area (Å²) in [5, 5.41) is 19.0. The zero-order valence-corrected chi connectivity index (χ0v) is 22.3. The van der Waals surface area contributed by atoms with Crippen LogP contribution in [0.2, 0.25) is 0 Å². The number of H-pyrrole nitrogens is 1. The second-order valence-corrected chi connectivity index (χ2v) is 12.1. The molecule has 2 aliphatic heterocycles. The van der Waals surface area contributed by atoms with Crippen LogP contribution in [0.1, 0.15) is 49.1 Å². The number of alkyl halides is 1. The summed E-state index contributed by atoms with van der Waals surface area (Å²) < 4.78 is 12.5. The summed E-state index contributed by atoms with van der Waals surface area (Å²) in [5.74, 6) is 0.627. The molecule has 0 bridgehead atoms. The van der Waals surface area contributed by atoms with E-state index in [-0.39, 0.29) is 16.7 Å². The van der Waals surface area contributed by atoms with E-state index in [0.717, 1.165) is 77.9 Å². The van der Waals surface area contributed by atoms with E-state index >= 15 is 0 Å². The lowest BCUT2D eigenvalue weighted by molar-refractivity contribution is -0.136. The standard InChI is InChI=1S/C30H33FN6O/c1-19-6-7-23-22(15-33-35-23)26(19)27-20-8-9-29(2,3)13-24(20)34-28(21(27)14-32)36-12-10-30(16-36)17-37(18-30)25(38)5-4-11-31/h4-7,15H,8-13,16-18H2,1-3H3,(H,33,35)/b5-4+. The molecule has 1 aliphatic carbocycles. The first-order valence-corrected chi connectivity index (χ1v) is 13.4. The molecule has 3 aromatic rings. The van der Waals surface area contributed by atoms with Gasteiger partial charge in [0.15, 0.2) is 0 Å². The summed E-state index contributed by atoms with van der Waals surface area (Å²) in [5.41, 5.74) is 7.21. The minimum Gasteiger partial charge on any atom is -0.355 e. The van der Waals surface area contributed by atoms with Crippen LogP contribution < -0.4 is 4.90 Å². The molecule has 3 aliphatic rings. The van der Waals surface area contributed by atoms with Crippen LogP contribution in [0.3, 0.4) is 0 Å². The Bertz CT molecular complexity index is 1510. The molecular weight excluding hydrogens is 479 g/mol. The molecule has 1 N–H and O–H groups in total. The first kappa shape index (κ1) is 24.6. The van der Waals surface area contributed by atoms with Gasteiger partial charge in [-0.15, -0.1) is 0 Å². The van der Waals surface area contributed by atoms with E-state index in [2.05, 4.69) is 48.0 Å². The molecule has 2 fully saturated rings. The Labute approximate surface area is 222 Å². The van der Waals surface area contributed by atoms with Gasteiger partial charge < -0.3 is 9.80 Å². The molecule has 4 heterocycles. The first-order chi connectivity index (χ1) is 18.2. The number of carbonyl (C=O) groups is 1. The minimum absolute atomic E-state index is 0.0105. The van der Waals surface area contributed by atoms with E-state index in [1.807, 2.05) is 12.3 Å². The fraction of sp³-hybridized carbons (Fsp3) is 0.467. The molecule has 1 aromatic carbocycles. The number of likely N-dealkylation sites (tertiary alicyclic amines) is 1. The summed E-state index contributed by atoms with van der Waals surface area (Å²) in [7, 11) is 0. The Morgan fingerprint density at radius 2 is 2.05 bits per heavy atom. The Kier molecular flexibility index (Phi) is 5.78. The molecule has 8 heteroatoms. The number of nitrogens with zero attached hydrogens (tertiary/aromatic N) is 5. The molecule has 7 nitrogen and oxygen atoms in total. The molecule has 2 aromatic heterocycles. The van der Waals surface area contributed by atoms with Crippen molar-refractivity contribution in [3.05, 3.63) is 52.9 Å². The van der Waals surface area contributed by atoms with E-state index in [4.69, 9.17) is 4.98 Å². The van der Waals surface area contributed by atoms with Crippen LogP contribution in [0.4, 0.5) is 10.2 Å². The summed E-state index contributed by atoms with van der Waals surface area (Å²) in [6.07, 6.45) is 8.19. The van der Waals surface area contributed by atoms with Crippen molar-refractivity contribution in [2.45, 2.75) is 46.5 Å². The van der Waals surface area contributed by atoms with Gasteiger partial charge in [0.1, 0.15) is 24.1 Å². The summed E-state index contributed by atoms with van der Waals surface area (Å²) in [6.45, 7) is 8.90. The fourth-order valence-electron chi connectivity index (χ4n) is 6.69. The predicted octanol–water partition coefficient (Wildman–Crippen LogP) is 4.88. The first-order valence-electron chi connectivity index (χ1n) is 13.4. The number of aromatic amines is 1. The van der Waals surface area contributed by atoms with Gasteiger partial charge in [-0.05, 0) is 66.9 Å². The monoisotopic (exact) mass is 512 g/mol. The lowest BCUT2D eigenvalue weighted by atomic mass is 9.73. The van der Waals surface area contributed by atoms with Crippen molar-refractivity contribution < 1.29 is 9.18 Å². The number of halogens is 1. The average molecular weight is 513 g/mol. The number of hydrogen-bond acceptors (Lipinski definition) is 5. The smallest absolute Gasteiger partial charge is 0.246 e. The Morgan fingerprint density at radius 1 is 1.24 bits per heavy atom. The third-order valence-corrected chi connectivity index (χ3v) is 8.71. The molecule has 6 rings (SSSR count). The molecule has 38 heavy (non-hydrogen) atoms. The predicted molar refractivity (Wildman–Crippen MR) is 146 cm³/mol. The third-order valence-electron chi connectivity index (χ3n) is 8.71. The maximum Gasteiger partial charge on any atom is 0.246 e. The fourth-order valence-corrected chi connectivity index (χ4v) is 6.69. The van der Waals surface area contributed by atoms with Crippen molar-refractivity contribution in [2.24, 2.45) is 10.8 Å². The van der Waals surface area contributed by atoms with Crippen molar-refractivity contribution in [3.63, 3.8) is 0 Å². The molecule has 1 spiro atoms. The maximum atomic E-state index is 12.5. The average Bonchev–Trinajstić information content (AvgIpc) is 3.52. The highest BCUT2D eigenvalue weighted by molar-refractivity contribution is 5.99. The van der Waals surface area contributed by atoms with Crippen LogP contribution in [-0.2, 0) is 17.6 Å². The molecule has 2 saturated heterocycles. The van der Waals surface area contributed by atoms with Crippen LogP contribution in [0.5, 0.6) is 0 Å². The molecule has 0 unspecified atom stereocenters. The molecule has 1 amide bonds. The normalized spacial score (nSPS) is 19.7. The molecular formula is C30H33FN6O. The van der Waals surface area contributed by atoms with E-state index < -0.39 is 6.67 Å². The lowest BCUT2D eigenvalue weighted by Gasteiger charge is -2.47. The number of anilines is 1. The number of pyridine rings is 1. The van der Waals surface area contributed by atoms with E-state index in [1.54, 1.807) is 4.90 Å². The number of aromatic nitrogens is 3. The largest absolute Gasteiger partial charge is 0.355 e. The van der Waals surface area contributed by atoms with Gasteiger partial charge in [-0.25, -0.2) is 9.37 Å². The second-order valence-electron chi connectivity index (χ2n) is 12.1. The number of allylic oxidation sites excluding steroid dienone is 1. The molecule has 0 radical (unpaired) electrons. The Morgan fingerprint density at radius 3 is 2.82 bits per heavy atom. The number of fused-ring (bicyclic) bond motifs is 2. The number of carbonyl (C=O) groups excluding carboxylic acids is 1. The van der Waals surface area contributed by atoms with Crippen LogP contribution in [-0.4, -0.2) is 58.8 Å². The summed E-state index contributed by atoms with van der Waals surface area (Å²) in [4.78, 5) is 21.6. The van der Waals surface area contributed by atoms with Gasteiger partial charge in [0.05, 0.1) is 11.7 Å². The maximum absolute atomic E-state index is 12.5. The van der Waals surface area contributed by atoms with Crippen molar-refractivity contribution in [3.8, 4) is 17.2 Å². The SMILES string of the molecule is Cc1ccc2[nH]ncc2c1-c1c(C#N)c(N2CCC3(CN(C(=O)/C=C/CF)C3)C2)nc2c1CCC(C)(C)C2. The van der Waals surface area contributed by atoms with Gasteiger partial charge in [-0.1, -0.05) is 19.9 Å². The quantitative estimate of drug-likeness (QED) is 0.503. The highest BCUT2D eigenvalue weighted by Crippen LogP contribution is 2.47. The number of amides is 1. The molecule has 0 atom stereocenters. The number of aryl methyl sites for hydroxylation is 1. The highest BCUT2D eigenvalue weighted by Gasteiger charge is 2.49. The van der Waals surface area contributed by atoms with Crippen molar-refractivity contribution >= 4 is 22.6 Å². The lowest BCUT2D eigenvalue weighted by Crippen LogP contribution is -2.59. The van der Waals surface area contributed by atoms with Gasteiger partial charge >= 0.3 is 0 Å². The zero-order chi connectivity index (χ0) is 26.7. The van der Waals surface area contributed by atoms with E-state index in [0.29, 0.717) is 18.7 Å². The molecule has 196 valence electrons. The Balaban J connectivity index is 1.43. The molecule has 0 saturated carbocycles. The Hall–Kier alpha value is -3.73. The zero-order valence-electron chi connectivity index (χ0n) is 22.3. The highest BCUT2D eigenvalue weighted by atomic mass is 19.1. The van der Waals surface area contributed by atoms with E-state index in [1.165, 1.54) is 17.7 Å². The minimum atomic E-state index is -0.634. The topological polar surface area (TPSA) is 88.9 Å². The number of benzene rings is 1. The number of hydrogen-bond donors (Lipinski definition) is 1. The van der Waals surface area contributed by atoms with Crippen LogP contribution >= 0.6 is 0 Å². The van der Waals surface area contributed by atoms with Crippen molar-refractivity contribution in [2.75, 3.05) is 37.8 Å². The van der Waals surface area contributed by atoms with Gasteiger partial charge in [0, 0.05) is 54.3 Å². The van der Waals surface area contributed by atoms with Crippen LogP contribution in [0.25, 0.3) is 22.0 Å². The van der Waals surface area contributed by atoms with Crippen LogP contribution in [0, 0.1) is 29.1 Å². The number of nitrogens with one attached hydrogen (secondary N) is 1. The van der Waals surface area contributed by atoms with Crippen molar-refractivity contribution in [1.82, 2.24) is 20.1 Å². The van der Waals surface area contributed by atoms with Gasteiger partial charge in [-0.2, -0.15) is 10.4 Å². The van der Waals surface area contributed by atoms with Gasteiger partial charge in [0.2, 0.25) is 5.91 Å². The van der Waals surface area contributed by atoms with E-state index in [9.17, 15) is 14.4 Å². The van der Waals surface area contributed by atoms with Gasteiger partial charge in [0.25, 0.3) is 0 Å². The van der Waals surface area contributed by atoms with Crippen molar-refractivity contribution in [1.29, 1.82) is 5.26 Å². The van der Waals surface area contributed by atoms with Crippen LogP contribution in [0.15, 0.2) is 30.5 Å². The third kappa shape index (κ3) is 3.96. The second kappa shape index (κ2) is 8.93.